The van der Waals surface area contributed by atoms with Crippen LogP contribution in [0.1, 0.15) is 25.0 Å². The Hall–Kier alpha value is -2.09. The Morgan fingerprint density at radius 3 is 2.37 bits per heavy atom. The van der Waals surface area contributed by atoms with Gasteiger partial charge in [-0.05, 0) is 51.2 Å². The molecule has 1 aliphatic rings. The van der Waals surface area contributed by atoms with Crippen molar-refractivity contribution in [2.24, 2.45) is 0 Å². The number of rotatable bonds is 1. The highest BCUT2D eigenvalue weighted by molar-refractivity contribution is 9.10. The van der Waals surface area contributed by atoms with Crippen molar-refractivity contribution in [2.75, 3.05) is 0 Å². The van der Waals surface area contributed by atoms with Gasteiger partial charge >= 0.3 is 0 Å². The lowest BCUT2D eigenvalue weighted by Gasteiger charge is -2.21. The summed E-state index contributed by atoms with van der Waals surface area (Å²) in [6.07, 6.45) is 0. The van der Waals surface area contributed by atoms with E-state index in [1.165, 1.54) is 33.0 Å². The van der Waals surface area contributed by atoms with E-state index in [1.807, 2.05) is 0 Å². The number of hydrogen-bond acceptors (Lipinski definition) is 0. The molecule has 0 aliphatic heterocycles. The molecule has 0 N–H and O–H groups in total. The second-order valence-corrected chi connectivity index (χ2v) is 9.02. The van der Waals surface area contributed by atoms with Crippen molar-refractivity contribution in [3.05, 3.63) is 93.4 Å². The molecule has 0 nitrogen and oxygen atoms in total. The second-order valence-electron chi connectivity index (χ2n) is 7.73. The van der Waals surface area contributed by atoms with Gasteiger partial charge in [-0.2, -0.15) is 0 Å². The molecule has 132 valence electrons. The topological polar surface area (TPSA) is 0 Å². The second kappa shape index (κ2) is 5.95. The van der Waals surface area contributed by atoms with Crippen LogP contribution >= 0.6 is 27.5 Å². The van der Waals surface area contributed by atoms with Crippen molar-refractivity contribution in [1.29, 1.82) is 0 Å². The molecule has 0 bridgehead atoms. The standard InChI is InChI=1S/C25H18BrCl/c1-25(2)21-6-4-3-5-20(21)23-22(25)12-11-19(24(23)27)16-8-7-15-9-10-18(26)14-17(15)13-16/h3-14H,1-2H3. The molecule has 0 aromatic heterocycles. The van der Waals surface area contributed by atoms with E-state index in [0.717, 1.165) is 20.6 Å². The maximum absolute atomic E-state index is 7.02. The first-order valence-corrected chi connectivity index (χ1v) is 10.3. The molecule has 2 heteroatoms. The molecule has 4 aromatic carbocycles. The Labute approximate surface area is 172 Å². The maximum atomic E-state index is 7.02. The van der Waals surface area contributed by atoms with E-state index in [4.69, 9.17) is 11.6 Å². The predicted molar refractivity (Wildman–Crippen MR) is 120 cm³/mol. The van der Waals surface area contributed by atoms with Crippen LogP contribution in [0.5, 0.6) is 0 Å². The molecule has 0 atom stereocenters. The highest BCUT2D eigenvalue weighted by Crippen LogP contribution is 2.53. The van der Waals surface area contributed by atoms with Crippen molar-refractivity contribution < 1.29 is 0 Å². The Kier molecular flexibility index (Phi) is 3.76. The summed E-state index contributed by atoms with van der Waals surface area (Å²) in [6, 6.07) is 26.0. The number of halogens is 2. The molecule has 0 saturated carbocycles. The molecular formula is C25H18BrCl. The molecule has 0 saturated heterocycles. The van der Waals surface area contributed by atoms with Crippen LogP contribution < -0.4 is 0 Å². The van der Waals surface area contributed by atoms with Gasteiger partial charge in [0, 0.05) is 21.0 Å². The summed E-state index contributed by atoms with van der Waals surface area (Å²) in [7, 11) is 0. The average Bonchev–Trinajstić information content (AvgIpc) is 2.90. The fraction of sp³-hybridized carbons (Fsp3) is 0.120. The average molecular weight is 434 g/mol. The number of benzene rings is 4. The van der Waals surface area contributed by atoms with Gasteiger partial charge in [0.25, 0.3) is 0 Å². The first-order chi connectivity index (χ1) is 13.0. The zero-order chi connectivity index (χ0) is 18.8. The van der Waals surface area contributed by atoms with E-state index in [-0.39, 0.29) is 5.41 Å². The van der Waals surface area contributed by atoms with Gasteiger partial charge in [-0.25, -0.2) is 0 Å². The minimum absolute atomic E-state index is 0.0255. The van der Waals surface area contributed by atoms with Gasteiger partial charge < -0.3 is 0 Å². The zero-order valence-corrected chi connectivity index (χ0v) is 17.5. The molecule has 0 amide bonds. The largest absolute Gasteiger partial charge is 0.0830 e. The molecule has 0 fully saturated rings. The van der Waals surface area contributed by atoms with Crippen LogP contribution in [0.2, 0.25) is 5.02 Å². The zero-order valence-electron chi connectivity index (χ0n) is 15.2. The van der Waals surface area contributed by atoms with E-state index in [2.05, 4.69) is 103 Å². The van der Waals surface area contributed by atoms with Crippen molar-refractivity contribution in [3.8, 4) is 22.3 Å². The van der Waals surface area contributed by atoms with Gasteiger partial charge in [-0.15, -0.1) is 0 Å². The van der Waals surface area contributed by atoms with Crippen LogP contribution in [0, 0.1) is 0 Å². The van der Waals surface area contributed by atoms with Crippen molar-refractivity contribution in [1.82, 2.24) is 0 Å². The summed E-state index contributed by atoms with van der Waals surface area (Å²) >= 11 is 10.6. The molecule has 0 spiro atoms. The van der Waals surface area contributed by atoms with Gasteiger partial charge in [0.15, 0.2) is 0 Å². The molecule has 0 unspecified atom stereocenters. The fourth-order valence-corrected chi connectivity index (χ4v) is 5.11. The smallest absolute Gasteiger partial charge is 0.0565 e. The van der Waals surface area contributed by atoms with Gasteiger partial charge in [-0.1, -0.05) is 96.0 Å². The van der Waals surface area contributed by atoms with Crippen LogP contribution in [0.3, 0.4) is 0 Å². The normalized spacial score (nSPS) is 14.2. The van der Waals surface area contributed by atoms with Gasteiger partial charge in [-0.3, -0.25) is 0 Å². The molecule has 27 heavy (non-hydrogen) atoms. The summed E-state index contributed by atoms with van der Waals surface area (Å²) < 4.78 is 1.09. The Morgan fingerprint density at radius 1 is 0.741 bits per heavy atom. The summed E-state index contributed by atoms with van der Waals surface area (Å²) in [4.78, 5) is 0. The van der Waals surface area contributed by atoms with E-state index >= 15 is 0 Å². The van der Waals surface area contributed by atoms with E-state index in [0.29, 0.717) is 0 Å². The van der Waals surface area contributed by atoms with Crippen molar-refractivity contribution in [2.45, 2.75) is 19.3 Å². The number of fused-ring (bicyclic) bond motifs is 4. The summed E-state index contributed by atoms with van der Waals surface area (Å²) in [6.45, 7) is 4.56. The lowest BCUT2D eigenvalue weighted by Crippen LogP contribution is -2.14. The lowest BCUT2D eigenvalue weighted by atomic mass is 9.82. The monoisotopic (exact) mass is 432 g/mol. The highest BCUT2D eigenvalue weighted by Gasteiger charge is 2.36. The van der Waals surface area contributed by atoms with E-state index in [1.54, 1.807) is 0 Å². The van der Waals surface area contributed by atoms with Crippen LogP contribution in [0.4, 0.5) is 0 Å². The Bertz CT molecular complexity index is 1220. The molecule has 1 aliphatic carbocycles. The summed E-state index contributed by atoms with van der Waals surface area (Å²) in [5, 5.41) is 3.28. The van der Waals surface area contributed by atoms with Crippen LogP contribution in [0.15, 0.2) is 77.3 Å². The molecule has 0 radical (unpaired) electrons. The van der Waals surface area contributed by atoms with Gasteiger partial charge in [0.05, 0.1) is 5.02 Å². The van der Waals surface area contributed by atoms with Crippen molar-refractivity contribution in [3.63, 3.8) is 0 Å². The lowest BCUT2D eigenvalue weighted by molar-refractivity contribution is 0.660. The molecular weight excluding hydrogens is 416 g/mol. The summed E-state index contributed by atoms with van der Waals surface area (Å²) in [5.74, 6) is 0. The first-order valence-electron chi connectivity index (χ1n) is 9.09. The first kappa shape index (κ1) is 17.0. The van der Waals surface area contributed by atoms with Crippen molar-refractivity contribution >= 4 is 38.3 Å². The van der Waals surface area contributed by atoms with Gasteiger partial charge in [0.2, 0.25) is 0 Å². The predicted octanol–water partition coefficient (Wildman–Crippen LogP) is 8.23. The molecule has 0 heterocycles. The third-order valence-corrected chi connectivity index (χ3v) is 6.68. The van der Waals surface area contributed by atoms with Gasteiger partial charge in [0.1, 0.15) is 0 Å². The Morgan fingerprint density at radius 2 is 1.52 bits per heavy atom. The quantitative estimate of drug-likeness (QED) is 0.283. The highest BCUT2D eigenvalue weighted by atomic mass is 79.9. The number of hydrogen-bond donors (Lipinski definition) is 0. The van der Waals surface area contributed by atoms with E-state index < -0.39 is 0 Å². The van der Waals surface area contributed by atoms with Crippen LogP contribution in [-0.2, 0) is 5.41 Å². The molecule has 5 rings (SSSR count). The minimum Gasteiger partial charge on any atom is -0.0830 e. The maximum Gasteiger partial charge on any atom is 0.0565 e. The third-order valence-electron chi connectivity index (χ3n) is 5.80. The van der Waals surface area contributed by atoms with E-state index in [9.17, 15) is 0 Å². The Balaban J connectivity index is 1.76. The fourth-order valence-electron chi connectivity index (χ4n) is 4.36. The third kappa shape index (κ3) is 2.49. The SMILES string of the molecule is CC1(C)c2ccccc2-c2c1ccc(-c1ccc3ccc(Br)cc3c1)c2Cl. The molecule has 4 aromatic rings. The van der Waals surface area contributed by atoms with Crippen LogP contribution in [0.25, 0.3) is 33.0 Å². The minimum atomic E-state index is -0.0255. The van der Waals surface area contributed by atoms with Crippen LogP contribution in [-0.4, -0.2) is 0 Å². The summed E-state index contributed by atoms with van der Waals surface area (Å²) in [5.41, 5.74) is 7.31.